The average Bonchev–Trinajstić information content (AvgIpc) is 1.87. The van der Waals surface area contributed by atoms with Gasteiger partial charge in [0, 0.05) is 0 Å². The highest BCUT2D eigenvalue weighted by atomic mass is 79.9. The third-order valence-electron chi connectivity index (χ3n) is 0.538. The normalized spacial score (nSPS) is 17.3. The van der Waals surface area contributed by atoms with Gasteiger partial charge in [-0.2, -0.15) is 0 Å². The third kappa shape index (κ3) is 5.24. The molecule has 0 amide bonds. The van der Waals surface area contributed by atoms with Crippen molar-refractivity contribution < 1.29 is 13.5 Å². The van der Waals surface area contributed by atoms with E-state index in [-0.39, 0.29) is 10.7 Å². The van der Waals surface area contributed by atoms with Crippen molar-refractivity contribution in [3.05, 3.63) is 0 Å². The van der Waals surface area contributed by atoms with Crippen LogP contribution in [0, 0.1) is 0 Å². The molecule has 0 spiro atoms. The first-order valence-electron chi connectivity index (χ1n) is 2.26. The number of alkyl halides is 4. The molecule has 0 heterocycles. The summed E-state index contributed by atoms with van der Waals surface area (Å²) in [5, 5.41) is 0.000833. The Hall–Kier alpha value is 0.780. The summed E-state index contributed by atoms with van der Waals surface area (Å²) in [4.78, 5) is 0. The van der Waals surface area contributed by atoms with E-state index < -0.39 is 12.7 Å². The van der Waals surface area contributed by atoms with E-state index in [1.54, 1.807) is 0 Å². The van der Waals surface area contributed by atoms with Gasteiger partial charge in [0.15, 0.2) is 0 Å². The van der Waals surface area contributed by atoms with Crippen molar-refractivity contribution in [2.45, 2.75) is 12.7 Å². The fraction of sp³-hybridized carbons (Fsp3) is 1.00. The van der Waals surface area contributed by atoms with Gasteiger partial charge in [0.1, 0.15) is 0 Å². The molecule has 0 rings (SSSR count). The lowest BCUT2D eigenvalue weighted by Crippen LogP contribution is -2.16. The second-order valence-electron chi connectivity index (χ2n) is 1.26. The first kappa shape index (κ1) is 9.78. The van der Waals surface area contributed by atoms with Gasteiger partial charge in [0.25, 0.3) is 0 Å². The van der Waals surface area contributed by atoms with Crippen molar-refractivity contribution in [2.75, 3.05) is 10.7 Å². The second kappa shape index (κ2) is 5.56. The number of hydrogen-bond donors (Lipinski definition) is 0. The molecule has 56 valence electrons. The van der Waals surface area contributed by atoms with E-state index in [1.165, 1.54) is 0 Å². The summed E-state index contributed by atoms with van der Waals surface area (Å²) in [5.74, 6) is 0. The first-order valence-corrected chi connectivity index (χ1v) is 4.50. The number of halogens is 4. The molecule has 0 fully saturated rings. The smallest absolute Gasteiger partial charge is 0.211 e. The Balaban J connectivity index is 3.22. The van der Waals surface area contributed by atoms with Crippen molar-refractivity contribution in [1.29, 1.82) is 0 Å². The molecule has 2 unspecified atom stereocenters. The molecular formula is C4H6Br2F2O. The van der Waals surface area contributed by atoms with Crippen molar-refractivity contribution in [3.63, 3.8) is 0 Å². The molecule has 0 aromatic rings. The molecule has 9 heavy (non-hydrogen) atoms. The zero-order valence-corrected chi connectivity index (χ0v) is 7.66. The van der Waals surface area contributed by atoms with Crippen LogP contribution in [0.5, 0.6) is 0 Å². The zero-order valence-electron chi connectivity index (χ0n) is 4.49. The number of rotatable bonds is 4. The molecular weight excluding hydrogens is 262 g/mol. The van der Waals surface area contributed by atoms with Crippen molar-refractivity contribution in [3.8, 4) is 0 Å². The van der Waals surface area contributed by atoms with Gasteiger partial charge in [-0.05, 0) is 0 Å². The molecule has 0 aliphatic carbocycles. The molecule has 1 nitrogen and oxygen atoms in total. The topological polar surface area (TPSA) is 9.23 Å². The summed E-state index contributed by atoms with van der Waals surface area (Å²) in [5.41, 5.74) is 0. The van der Waals surface area contributed by atoms with Crippen LogP contribution in [-0.2, 0) is 4.74 Å². The van der Waals surface area contributed by atoms with Gasteiger partial charge >= 0.3 is 0 Å². The van der Waals surface area contributed by atoms with E-state index in [0.717, 1.165) is 0 Å². The van der Waals surface area contributed by atoms with Gasteiger partial charge in [0.2, 0.25) is 12.7 Å². The van der Waals surface area contributed by atoms with E-state index in [9.17, 15) is 8.78 Å². The van der Waals surface area contributed by atoms with Crippen LogP contribution in [0.25, 0.3) is 0 Å². The minimum absolute atomic E-state index is 0.000417. The molecule has 0 aliphatic heterocycles. The van der Waals surface area contributed by atoms with Gasteiger partial charge < -0.3 is 4.74 Å². The Kier molecular flexibility index (Phi) is 6.04. The minimum Gasteiger partial charge on any atom is -0.312 e. The maximum Gasteiger partial charge on any atom is 0.211 e. The van der Waals surface area contributed by atoms with Crippen LogP contribution in [0.4, 0.5) is 8.78 Å². The number of ether oxygens (including phenoxy) is 1. The van der Waals surface area contributed by atoms with Gasteiger partial charge in [-0.15, -0.1) is 0 Å². The fourth-order valence-corrected chi connectivity index (χ4v) is 0.538. The predicted molar refractivity (Wildman–Crippen MR) is 38.5 cm³/mol. The Bertz CT molecular complexity index is 65.6. The van der Waals surface area contributed by atoms with E-state index in [4.69, 9.17) is 0 Å². The van der Waals surface area contributed by atoms with Crippen LogP contribution in [0.3, 0.4) is 0 Å². The summed E-state index contributed by atoms with van der Waals surface area (Å²) >= 11 is 5.58. The van der Waals surface area contributed by atoms with Crippen LogP contribution in [0.2, 0.25) is 0 Å². The molecule has 5 heteroatoms. The standard InChI is InChI=1S/C4H6Br2F2O/c5-1-3(7)9-4(8)2-6/h3-4H,1-2H2. The Morgan fingerprint density at radius 1 is 1.11 bits per heavy atom. The first-order chi connectivity index (χ1) is 4.20. The largest absolute Gasteiger partial charge is 0.312 e. The lowest BCUT2D eigenvalue weighted by molar-refractivity contribution is -0.114. The number of hydrogen-bond acceptors (Lipinski definition) is 1. The molecule has 0 N–H and O–H groups in total. The van der Waals surface area contributed by atoms with Crippen molar-refractivity contribution >= 4 is 31.9 Å². The van der Waals surface area contributed by atoms with E-state index in [0.29, 0.717) is 0 Å². The monoisotopic (exact) mass is 266 g/mol. The maximum absolute atomic E-state index is 12.0. The van der Waals surface area contributed by atoms with Crippen LogP contribution >= 0.6 is 31.9 Å². The molecule has 0 saturated carbocycles. The lowest BCUT2D eigenvalue weighted by Gasteiger charge is -2.07. The van der Waals surface area contributed by atoms with Crippen LogP contribution in [0.1, 0.15) is 0 Å². The summed E-state index contributed by atoms with van der Waals surface area (Å²) in [6.45, 7) is 0. The highest BCUT2D eigenvalue weighted by Gasteiger charge is 2.11. The Labute approximate surface area is 69.0 Å². The predicted octanol–water partition coefficient (Wildman–Crippen LogP) is 2.38. The van der Waals surface area contributed by atoms with Gasteiger partial charge in [0.05, 0.1) is 10.7 Å². The molecule has 0 aliphatic rings. The van der Waals surface area contributed by atoms with E-state index in [2.05, 4.69) is 36.6 Å². The minimum atomic E-state index is -1.56. The lowest BCUT2D eigenvalue weighted by atomic mass is 10.7. The third-order valence-corrected chi connectivity index (χ3v) is 1.56. The van der Waals surface area contributed by atoms with Gasteiger partial charge in [-0.3, -0.25) is 0 Å². The summed E-state index contributed by atoms with van der Waals surface area (Å²) in [7, 11) is 0. The van der Waals surface area contributed by atoms with Crippen molar-refractivity contribution in [1.82, 2.24) is 0 Å². The van der Waals surface area contributed by atoms with Crippen LogP contribution < -0.4 is 0 Å². The molecule has 0 radical (unpaired) electrons. The SMILES string of the molecule is FC(CBr)OC(F)CBr. The quantitative estimate of drug-likeness (QED) is 0.711. The maximum atomic E-state index is 12.0. The fourth-order valence-electron chi connectivity index (χ4n) is 0.233. The summed E-state index contributed by atoms with van der Waals surface area (Å²) in [6, 6.07) is 0. The van der Waals surface area contributed by atoms with E-state index >= 15 is 0 Å². The molecule has 0 saturated heterocycles. The summed E-state index contributed by atoms with van der Waals surface area (Å²) < 4.78 is 28.2. The van der Waals surface area contributed by atoms with E-state index in [1.807, 2.05) is 0 Å². The highest BCUT2D eigenvalue weighted by molar-refractivity contribution is 9.09. The van der Waals surface area contributed by atoms with Crippen LogP contribution in [-0.4, -0.2) is 23.4 Å². The Morgan fingerprint density at radius 2 is 1.44 bits per heavy atom. The van der Waals surface area contributed by atoms with Gasteiger partial charge in [-0.1, -0.05) is 31.9 Å². The zero-order chi connectivity index (χ0) is 7.28. The summed E-state index contributed by atoms with van der Waals surface area (Å²) in [6.07, 6.45) is -3.12. The molecule has 2 atom stereocenters. The van der Waals surface area contributed by atoms with Crippen molar-refractivity contribution in [2.24, 2.45) is 0 Å². The molecule has 0 aromatic carbocycles. The second-order valence-corrected chi connectivity index (χ2v) is 2.56. The average molecular weight is 268 g/mol. The van der Waals surface area contributed by atoms with Gasteiger partial charge in [-0.25, -0.2) is 8.78 Å². The van der Waals surface area contributed by atoms with Crippen LogP contribution in [0.15, 0.2) is 0 Å². The molecule has 0 aromatic heterocycles. The Morgan fingerprint density at radius 3 is 1.67 bits per heavy atom. The molecule has 0 bridgehead atoms. The highest BCUT2D eigenvalue weighted by Crippen LogP contribution is 2.06.